The van der Waals surface area contributed by atoms with Gasteiger partial charge in [-0.25, -0.2) is 0 Å². The topological polar surface area (TPSA) is 53.0 Å². The van der Waals surface area contributed by atoms with E-state index in [0.717, 1.165) is 32.5 Å². The Kier molecular flexibility index (Phi) is 7.05. The van der Waals surface area contributed by atoms with E-state index in [4.69, 9.17) is 4.74 Å². The molecule has 3 rings (SSSR count). The SMILES string of the molecule is Cc1cccc(C)c1C=CC1CCN(C(=O)CN2CCOC(CO)C2)CC1. The minimum atomic E-state index is -0.160. The average molecular weight is 373 g/mol. The predicted molar refractivity (Wildman–Crippen MR) is 108 cm³/mol. The van der Waals surface area contributed by atoms with Crippen LogP contribution in [0.15, 0.2) is 24.3 Å². The van der Waals surface area contributed by atoms with Gasteiger partial charge in [-0.15, -0.1) is 0 Å². The van der Waals surface area contributed by atoms with E-state index in [0.29, 0.717) is 25.6 Å². The Balaban J connectivity index is 1.47. The van der Waals surface area contributed by atoms with Crippen molar-refractivity contribution in [3.63, 3.8) is 0 Å². The van der Waals surface area contributed by atoms with Crippen molar-refractivity contribution >= 4 is 12.0 Å². The van der Waals surface area contributed by atoms with Crippen LogP contribution in [0.2, 0.25) is 0 Å². The Morgan fingerprint density at radius 3 is 2.59 bits per heavy atom. The molecule has 1 aromatic rings. The van der Waals surface area contributed by atoms with Crippen LogP contribution in [0, 0.1) is 19.8 Å². The van der Waals surface area contributed by atoms with Crippen LogP contribution < -0.4 is 0 Å². The highest BCUT2D eigenvalue weighted by molar-refractivity contribution is 5.78. The molecule has 0 aromatic heterocycles. The van der Waals surface area contributed by atoms with Crippen molar-refractivity contribution < 1.29 is 14.6 Å². The van der Waals surface area contributed by atoms with E-state index in [-0.39, 0.29) is 18.6 Å². The van der Waals surface area contributed by atoms with E-state index < -0.39 is 0 Å². The maximum absolute atomic E-state index is 12.6. The fourth-order valence-electron chi connectivity index (χ4n) is 3.99. The number of allylic oxidation sites excluding steroid dienone is 1. The minimum absolute atomic E-state index is 0.0166. The lowest BCUT2D eigenvalue weighted by Gasteiger charge is -2.35. The number of aliphatic hydroxyl groups is 1. The number of rotatable bonds is 5. The maximum atomic E-state index is 12.6. The monoisotopic (exact) mass is 372 g/mol. The summed E-state index contributed by atoms with van der Waals surface area (Å²) in [5.41, 5.74) is 3.94. The lowest BCUT2D eigenvalue weighted by atomic mass is 9.94. The molecule has 2 aliphatic rings. The first-order chi connectivity index (χ1) is 13.1. The van der Waals surface area contributed by atoms with Crippen LogP contribution in [0.1, 0.15) is 29.5 Å². The largest absolute Gasteiger partial charge is 0.394 e. The van der Waals surface area contributed by atoms with Crippen molar-refractivity contribution in [2.45, 2.75) is 32.8 Å². The number of carbonyl (C=O) groups is 1. The lowest BCUT2D eigenvalue weighted by molar-refractivity contribution is -0.136. The summed E-state index contributed by atoms with van der Waals surface area (Å²) in [6.07, 6.45) is 6.47. The average Bonchev–Trinajstić information content (AvgIpc) is 2.68. The summed E-state index contributed by atoms with van der Waals surface area (Å²) in [7, 11) is 0. The second-order valence-electron chi connectivity index (χ2n) is 7.79. The number of aliphatic hydroxyl groups excluding tert-OH is 1. The highest BCUT2D eigenvalue weighted by atomic mass is 16.5. The highest BCUT2D eigenvalue weighted by Gasteiger charge is 2.26. The number of ether oxygens (including phenoxy) is 1. The number of nitrogens with zero attached hydrogens (tertiary/aromatic N) is 2. The number of piperidine rings is 1. The molecule has 5 nitrogen and oxygen atoms in total. The van der Waals surface area contributed by atoms with Gasteiger partial charge in [0.05, 0.1) is 25.9 Å². The van der Waals surface area contributed by atoms with E-state index in [1.165, 1.54) is 16.7 Å². The molecule has 27 heavy (non-hydrogen) atoms. The standard InChI is InChI=1S/C22H32N2O3/c1-17-4-3-5-18(2)21(17)7-6-19-8-10-24(11-9-19)22(26)15-23-12-13-27-20(14-23)16-25/h3-7,19-20,25H,8-16H2,1-2H3. The zero-order valence-electron chi connectivity index (χ0n) is 16.6. The molecule has 0 spiro atoms. The second-order valence-corrected chi connectivity index (χ2v) is 7.79. The first kappa shape index (κ1) is 20.1. The van der Waals surface area contributed by atoms with E-state index in [2.05, 4.69) is 49.1 Å². The first-order valence-electron chi connectivity index (χ1n) is 10.0. The van der Waals surface area contributed by atoms with Gasteiger partial charge >= 0.3 is 0 Å². The number of morpholine rings is 1. The Morgan fingerprint density at radius 1 is 1.22 bits per heavy atom. The summed E-state index contributed by atoms with van der Waals surface area (Å²) in [6.45, 7) is 8.40. The summed E-state index contributed by atoms with van der Waals surface area (Å²) in [5, 5.41) is 9.23. The van der Waals surface area contributed by atoms with Gasteiger partial charge in [0.15, 0.2) is 0 Å². The fourth-order valence-corrected chi connectivity index (χ4v) is 3.99. The van der Waals surface area contributed by atoms with E-state index in [1.807, 2.05) is 4.90 Å². The van der Waals surface area contributed by atoms with Crippen molar-refractivity contribution in [3.8, 4) is 0 Å². The quantitative estimate of drug-likeness (QED) is 0.861. The van der Waals surface area contributed by atoms with Crippen LogP contribution in [0.3, 0.4) is 0 Å². The smallest absolute Gasteiger partial charge is 0.236 e. The number of hydrogen-bond donors (Lipinski definition) is 1. The van der Waals surface area contributed by atoms with Crippen LogP contribution >= 0.6 is 0 Å². The molecule has 2 heterocycles. The molecular formula is C22H32N2O3. The van der Waals surface area contributed by atoms with Gasteiger partial charge in [0.2, 0.25) is 5.91 Å². The molecule has 2 fully saturated rings. The van der Waals surface area contributed by atoms with Crippen LogP contribution in [-0.2, 0) is 9.53 Å². The summed E-state index contributed by atoms with van der Waals surface area (Å²) in [5.74, 6) is 0.737. The number of benzene rings is 1. The third-order valence-corrected chi connectivity index (χ3v) is 5.75. The summed E-state index contributed by atoms with van der Waals surface area (Å²) in [6, 6.07) is 6.41. The van der Waals surface area contributed by atoms with E-state index in [1.54, 1.807) is 0 Å². The van der Waals surface area contributed by atoms with Gasteiger partial charge in [-0.05, 0) is 49.3 Å². The molecule has 0 bridgehead atoms. The Labute approximate surface area is 162 Å². The third kappa shape index (κ3) is 5.41. The summed E-state index contributed by atoms with van der Waals surface area (Å²) < 4.78 is 5.45. The fraction of sp³-hybridized carbons (Fsp3) is 0.591. The van der Waals surface area contributed by atoms with Crippen LogP contribution in [0.5, 0.6) is 0 Å². The Hall–Kier alpha value is -1.69. The molecular weight excluding hydrogens is 340 g/mol. The van der Waals surface area contributed by atoms with Crippen molar-refractivity contribution in [2.24, 2.45) is 5.92 Å². The molecule has 148 valence electrons. The van der Waals surface area contributed by atoms with Crippen molar-refractivity contribution in [1.82, 2.24) is 9.80 Å². The number of carbonyl (C=O) groups excluding carboxylic acids is 1. The second kappa shape index (κ2) is 9.49. The van der Waals surface area contributed by atoms with Crippen LogP contribution in [0.4, 0.5) is 0 Å². The van der Waals surface area contributed by atoms with Gasteiger partial charge in [0, 0.05) is 26.2 Å². The highest BCUT2D eigenvalue weighted by Crippen LogP contribution is 2.22. The van der Waals surface area contributed by atoms with Crippen molar-refractivity contribution in [3.05, 3.63) is 41.0 Å². The molecule has 2 saturated heterocycles. The molecule has 1 amide bonds. The molecule has 1 atom stereocenters. The lowest BCUT2D eigenvalue weighted by Crippen LogP contribution is -2.49. The van der Waals surface area contributed by atoms with E-state index >= 15 is 0 Å². The Bertz CT molecular complexity index is 645. The molecule has 1 unspecified atom stereocenters. The van der Waals surface area contributed by atoms with Gasteiger partial charge in [-0.2, -0.15) is 0 Å². The van der Waals surface area contributed by atoms with Gasteiger partial charge in [-0.3, -0.25) is 9.69 Å². The maximum Gasteiger partial charge on any atom is 0.236 e. The van der Waals surface area contributed by atoms with Crippen LogP contribution in [-0.4, -0.2) is 72.9 Å². The summed E-state index contributed by atoms with van der Waals surface area (Å²) >= 11 is 0. The van der Waals surface area contributed by atoms with Crippen molar-refractivity contribution in [2.75, 3.05) is 45.9 Å². The van der Waals surface area contributed by atoms with Gasteiger partial charge in [0.25, 0.3) is 0 Å². The van der Waals surface area contributed by atoms with Gasteiger partial charge in [-0.1, -0.05) is 30.4 Å². The number of amides is 1. The van der Waals surface area contributed by atoms with Gasteiger partial charge in [0.1, 0.15) is 0 Å². The van der Waals surface area contributed by atoms with Crippen molar-refractivity contribution in [1.29, 1.82) is 0 Å². The normalized spacial score (nSPS) is 22.5. The zero-order chi connectivity index (χ0) is 19.2. The first-order valence-corrected chi connectivity index (χ1v) is 10.0. The number of aryl methyl sites for hydroxylation is 2. The number of likely N-dealkylation sites (tertiary alicyclic amines) is 1. The van der Waals surface area contributed by atoms with Crippen LogP contribution in [0.25, 0.3) is 6.08 Å². The molecule has 1 aromatic carbocycles. The molecule has 1 N–H and O–H groups in total. The molecule has 2 aliphatic heterocycles. The Morgan fingerprint density at radius 2 is 1.93 bits per heavy atom. The summed E-state index contributed by atoms with van der Waals surface area (Å²) in [4.78, 5) is 16.7. The zero-order valence-corrected chi connectivity index (χ0v) is 16.6. The molecule has 0 saturated carbocycles. The molecule has 5 heteroatoms. The minimum Gasteiger partial charge on any atom is -0.394 e. The predicted octanol–water partition coefficient (Wildman–Crippen LogP) is 2.25. The third-order valence-electron chi connectivity index (χ3n) is 5.75. The van der Waals surface area contributed by atoms with Gasteiger partial charge < -0.3 is 14.7 Å². The molecule has 0 aliphatic carbocycles. The number of hydrogen-bond acceptors (Lipinski definition) is 4. The van der Waals surface area contributed by atoms with E-state index in [9.17, 15) is 9.90 Å². The molecule has 0 radical (unpaired) electrons.